The van der Waals surface area contributed by atoms with Gasteiger partial charge in [-0.1, -0.05) is 29.8 Å². The van der Waals surface area contributed by atoms with E-state index in [0.717, 1.165) is 28.2 Å². The Morgan fingerprint density at radius 1 is 1.10 bits per heavy atom. The molecule has 29 heavy (non-hydrogen) atoms. The molecule has 2 aromatic heterocycles. The lowest BCUT2D eigenvalue weighted by atomic mass is 10.1. The molecule has 0 aliphatic rings. The van der Waals surface area contributed by atoms with Crippen LogP contribution in [0.25, 0.3) is 16.9 Å². The fourth-order valence-electron chi connectivity index (χ4n) is 3.07. The van der Waals surface area contributed by atoms with E-state index in [1.807, 2.05) is 43.5 Å². The summed E-state index contributed by atoms with van der Waals surface area (Å²) in [6.07, 6.45) is 5.20. The second-order valence-corrected chi connectivity index (χ2v) is 7.05. The van der Waals surface area contributed by atoms with Gasteiger partial charge in [0.2, 0.25) is 0 Å². The van der Waals surface area contributed by atoms with Gasteiger partial charge in [0.15, 0.2) is 0 Å². The molecule has 2 heterocycles. The Labute approximate surface area is 173 Å². The number of benzene rings is 2. The van der Waals surface area contributed by atoms with Crippen molar-refractivity contribution >= 4 is 11.6 Å². The molecule has 0 aliphatic carbocycles. The molecule has 4 aromatic rings. The number of nitrogens with one attached hydrogen (secondary N) is 1. The summed E-state index contributed by atoms with van der Waals surface area (Å²) in [7, 11) is 0. The van der Waals surface area contributed by atoms with E-state index in [-0.39, 0.29) is 11.9 Å². The van der Waals surface area contributed by atoms with Crippen molar-refractivity contribution in [3.8, 4) is 16.9 Å². The number of hydrogen-bond donors (Lipinski definition) is 1. The molecular formula is C22H19ClFN5. The zero-order valence-electron chi connectivity index (χ0n) is 15.8. The van der Waals surface area contributed by atoms with Crippen molar-refractivity contribution in [3.63, 3.8) is 0 Å². The molecule has 1 atom stereocenters. The van der Waals surface area contributed by atoms with E-state index >= 15 is 0 Å². The van der Waals surface area contributed by atoms with Crippen LogP contribution in [0.5, 0.6) is 0 Å². The Kier molecular flexibility index (Phi) is 5.64. The van der Waals surface area contributed by atoms with Gasteiger partial charge in [-0.25, -0.2) is 19.0 Å². The van der Waals surface area contributed by atoms with Crippen molar-refractivity contribution in [1.82, 2.24) is 25.1 Å². The van der Waals surface area contributed by atoms with E-state index in [4.69, 9.17) is 16.7 Å². The molecule has 0 saturated carbocycles. The van der Waals surface area contributed by atoms with Gasteiger partial charge in [-0.2, -0.15) is 5.10 Å². The standard InChI is InChI=1S/C22H19ClFN5/c1-15(21-10-11-25-14-27-21)26-12-16-13-29(18-8-6-17(24)7-9-18)28-22(16)19-4-2-3-5-20(19)23/h2-11,13-15,26H,12H2,1H3. The fourth-order valence-corrected chi connectivity index (χ4v) is 3.30. The molecule has 1 N–H and O–H groups in total. The van der Waals surface area contributed by atoms with Crippen molar-refractivity contribution < 1.29 is 4.39 Å². The third kappa shape index (κ3) is 4.34. The van der Waals surface area contributed by atoms with E-state index in [2.05, 4.69) is 15.3 Å². The third-order valence-corrected chi connectivity index (χ3v) is 4.99. The number of hydrogen-bond acceptors (Lipinski definition) is 4. The van der Waals surface area contributed by atoms with E-state index in [1.165, 1.54) is 18.5 Å². The summed E-state index contributed by atoms with van der Waals surface area (Å²) in [6.45, 7) is 2.61. The molecule has 0 fully saturated rings. The molecule has 1 unspecified atom stereocenters. The molecule has 0 radical (unpaired) electrons. The Hall–Kier alpha value is -3.09. The number of halogens is 2. The van der Waals surface area contributed by atoms with Crippen LogP contribution in [0, 0.1) is 5.82 Å². The summed E-state index contributed by atoms with van der Waals surface area (Å²) in [5.41, 5.74) is 4.28. The van der Waals surface area contributed by atoms with Crippen LogP contribution in [0.2, 0.25) is 5.02 Å². The molecule has 2 aromatic carbocycles. The highest BCUT2D eigenvalue weighted by molar-refractivity contribution is 6.33. The maximum atomic E-state index is 13.3. The summed E-state index contributed by atoms with van der Waals surface area (Å²) < 4.78 is 15.0. The lowest BCUT2D eigenvalue weighted by Crippen LogP contribution is -2.19. The SMILES string of the molecule is CC(NCc1cn(-c2ccc(F)cc2)nc1-c1ccccc1Cl)c1ccncn1. The van der Waals surface area contributed by atoms with Gasteiger partial charge in [-0.3, -0.25) is 0 Å². The topological polar surface area (TPSA) is 55.6 Å². The summed E-state index contributed by atoms with van der Waals surface area (Å²) in [5, 5.41) is 8.83. The predicted molar refractivity (Wildman–Crippen MR) is 111 cm³/mol. The van der Waals surface area contributed by atoms with Crippen LogP contribution in [0.4, 0.5) is 4.39 Å². The normalized spacial score (nSPS) is 12.1. The lowest BCUT2D eigenvalue weighted by Gasteiger charge is -2.13. The maximum Gasteiger partial charge on any atom is 0.123 e. The lowest BCUT2D eigenvalue weighted by molar-refractivity contribution is 0.560. The van der Waals surface area contributed by atoms with Gasteiger partial charge in [0.25, 0.3) is 0 Å². The van der Waals surface area contributed by atoms with Crippen molar-refractivity contribution in [2.24, 2.45) is 0 Å². The van der Waals surface area contributed by atoms with Gasteiger partial charge >= 0.3 is 0 Å². The smallest absolute Gasteiger partial charge is 0.123 e. The van der Waals surface area contributed by atoms with Crippen molar-refractivity contribution in [3.05, 3.63) is 95.4 Å². The predicted octanol–water partition coefficient (Wildman–Crippen LogP) is 4.97. The first-order valence-electron chi connectivity index (χ1n) is 9.20. The molecule has 0 saturated heterocycles. The van der Waals surface area contributed by atoms with Crippen LogP contribution >= 0.6 is 11.6 Å². The van der Waals surface area contributed by atoms with Gasteiger partial charge in [0, 0.05) is 36.1 Å². The van der Waals surface area contributed by atoms with Crippen LogP contribution < -0.4 is 5.32 Å². The minimum absolute atomic E-state index is 0.0336. The molecule has 146 valence electrons. The number of aromatic nitrogens is 4. The highest BCUT2D eigenvalue weighted by Gasteiger charge is 2.16. The summed E-state index contributed by atoms with van der Waals surface area (Å²) in [4.78, 5) is 8.25. The average Bonchev–Trinajstić information content (AvgIpc) is 3.17. The fraction of sp³-hybridized carbons (Fsp3) is 0.136. The molecule has 4 rings (SSSR count). The first-order valence-corrected chi connectivity index (χ1v) is 9.58. The average molecular weight is 408 g/mol. The number of rotatable bonds is 6. The maximum absolute atomic E-state index is 13.3. The van der Waals surface area contributed by atoms with Crippen molar-refractivity contribution in [2.45, 2.75) is 19.5 Å². The number of nitrogens with zero attached hydrogens (tertiary/aromatic N) is 4. The molecule has 0 aliphatic heterocycles. The van der Waals surface area contributed by atoms with Crippen molar-refractivity contribution in [1.29, 1.82) is 0 Å². The van der Waals surface area contributed by atoms with E-state index < -0.39 is 0 Å². The molecule has 0 amide bonds. The Morgan fingerprint density at radius 3 is 2.62 bits per heavy atom. The van der Waals surface area contributed by atoms with Gasteiger partial charge < -0.3 is 5.32 Å². The summed E-state index contributed by atoms with van der Waals surface area (Å²) in [6, 6.07) is 15.7. The molecular weight excluding hydrogens is 389 g/mol. The van der Waals surface area contributed by atoms with Crippen LogP contribution in [0.3, 0.4) is 0 Å². The minimum atomic E-state index is -0.284. The van der Waals surface area contributed by atoms with Crippen LogP contribution in [-0.2, 0) is 6.54 Å². The second kappa shape index (κ2) is 8.51. The minimum Gasteiger partial charge on any atom is -0.305 e. The van der Waals surface area contributed by atoms with Gasteiger partial charge in [-0.05, 0) is 43.3 Å². The van der Waals surface area contributed by atoms with Crippen LogP contribution in [-0.4, -0.2) is 19.7 Å². The van der Waals surface area contributed by atoms with Gasteiger partial charge in [0.1, 0.15) is 12.1 Å². The van der Waals surface area contributed by atoms with E-state index in [0.29, 0.717) is 11.6 Å². The van der Waals surface area contributed by atoms with Crippen molar-refractivity contribution in [2.75, 3.05) is 0 Å². The van der Waals surface area contributed by atoms with Crippen LogP contribution in [0.15, 0.2) is 73.3 Å². The highest BCUT2D eigenvalue weighted by atomic mass is 35.5. The molecule has 0 bridgehead atoms. The monoisotopic (exact) mass is 407 g/mol. The first kappa shape index (κ1) is 19.2. The second-order valence-electron chi connectivity index (χ2n) is 6.64. The van der Waals surface area contributed by atoms with Crippen LogP contribution in [0.1, 0.15) is 24.2 Å². The zero-order valence-corrected chi connectivity index (χ0v) is 16.5. The summed E-state index contributed by atoms with van der Waals surface area (Å²) in [5.74, 6) is -0.284. The largest absolute Gasteiger partial charge is 0.305 e. The summed E-state index contributed by atoms with van der Waals surface area (Å²) >= 11 is 6.43. The van der Waals surface area contributed by atoms with E-state index in [1.54, 1.807) is 23.0 Å². The zero-order chi connectivity index (χ0) is 20.2. The Balaban J connectivity index is 1.67. The Morgan fingerprint density at radius 2 is 1.90 bits per heavy atom. The quantitative estimate of drug-likeness (QED) is 0.490. The molecule has 5 nitrogen and oxygen atoms in total. The van der Waals surface area contributed by atoms with E-state index in [9.17, 15) is 4.39 Å². The Bertz CT molecular complexity index is 1100. The van der Waals surface area contributed by atoms with Gasteiger partial charge in [-0.15, -0.1) is 0 Å². The first-order chi connectivity index (χ1) is 14.1. The van der Waals surface area contributed by atoms with Gasteiger partial charge in [0.05, 0.1) is 22.1 Å². The molecule has 7 heteroatoms. The molecule has 0 spiro atoms. The highest BCUT2D eigenvalue weighted by Crippen LogP contribution is 2.30. The third-order valence-electron chi connectivity index (χ3n) is 4.66.